The summed E-state index contributed by atoms with van der Waals surface area (Å²) in [6, 6.07) is 13.5. The summed E-state index contributed by atoms with van der Waals surface area (Å²) in [5, 5.41) is 7.46. The molecule has 3 aromatic rings. The minimum atomic E-state index is -1.53. The number of ether oxygens (including phenoxy) is 2. The van der Waals surface area contributed by atoms with Crippen LogP contribution in [0.4, 0.5) is 23.1 Å². The Morgan fingerprint density at radius 1 is 1.15 bits per heavy atom. The number of aromatic nitrogens is 2. The summed E-state index contributed by atoms with van der Waals surface area (Å²) in [5.74, 6) is 1.50. The maximum absolute atomic E-state index is 12.1. The summed E-state index contributed by atoms with van der Waals surface area (Å²) in [6.07, 6.45) is 2.46. The first-order valence-corrected chi connectivity index (χ1v) is 13.2. The minimum absolute atomic E-state index is 0.358. The van der Waals surface area contributed by atoms with Gasteiger partial charge in [-0.2, -0.15) is 4.98 Å². The van der Waals surface area contributed by atoms with Gasteiger partial charge in [-0.25, -0.2) is 4.98 Å². The number of benzene rings is 2. The summed E-state index contributed by atoms with van der Waals surface area (Å²) >= 11 is 6.33. The molecule has 1 aliphatic heterocycles. The molecule has 2 N–H and O–H groups in total. The first kappa shape index (κ1) is 24.4. The molecule has 1 fully saturated rings. The van der Waals surface area contributed by atoms with Crippen LogP contribution in [0, 0.1) is 0 Å². The summed E-state index contributed by atoms with van der Waals surface area (Å²) in [7, 11) is 0.116. The Balaban J connectivity index is 1.48. The van der Waals surface area contributed by atoms with Crippen LogP contribution < -0.4 is 20.7 Å². The summed E-state index contributed by atoms with van der Waals surface area (Å²) in [4.78, 5) is 11.2. The van der Waals surface area contributed by atoms with E-state index < -0.39 is 7.80 Å². The molecule has 0 amide bonds. The van der Waals surface area contributed by atoms with Crippen molar-refractivity contribution in [3.63, 3.8) is 0 Å². The molecule has 0 radical (unpaired) electrons. The fourth-order valence-corrected chi connectivity index (χ4v) is 4.63. The smallest absolute Gasteiger partial charge is 0.375 e. The van der Waals surface area contributed by atoms with E-state index in [-0.39, 0.29) is 0 Å². The highest BCUT2D eigenvalue weighted by atomic mass is 35.5. The topological polar surface area (TPSA) is 88.6 Å². The number of anilines is 4. The lowest BCUT2D eigenvalue weighted by Gasteiger charge is -2.26. The van der Waals surface area contributed by atoms with Crippen molar-refractivity contribution in [3.05, 3.63) is 59.2 Å². The van der Waals surface area contributed by atoms with Crippen LogP contribution in [0.5, 0.6) is 5.75 Å². The maximum Gasteiger partial charge on any atom is 0.375 e. The average molecular weight is 501 g/mol. The molecule has 1 aromatic heterocycles. The molecule has 0 saturated carbocycles. The number of hydrogen-bond acceptors (Lipinski definition) is 8. The van der Waals surface area contributed by atoms with E-state index in [0.717, 1.165) is 45.0 Å². The molecular formula is C24H28ClN5O3P+. The number of methoxy groups -OCH3 is 1. The van der Waals surface area contributed by atoms with Crippen molar-refractivity contribution in [2.75, 3.05) is 57.3 Å². The zero-order chi connectivity index (χ0) is 23.9. The Morgan fingerprint density at radius 2 is 1.94 bits per heavy atom. The quantitative estimate of drug-likeness (QED) is 0.413. The van der Waals surface area contributed by atoms with Crippen LogP contribution in [0.15, 0.2) is 48.7 Å². The maximum atomic E-state index is 12.1. The monoisotopic (exact) mass is 500 g/mol. The van der Waals surface area contributed by atoms with Crippen molar-refractivity contribution < 1.29 is 14.0 Å². The zero-order valence-electron chi connectivity index (χ0n) is 19.3. The molecule has 1 atom stereocenters. The minimum Gasteiger partial charge on any atom is -0.495 e. The highest BCUT2D eigenvalue weighted by Gasteiger charge is 2.19. The Labute approximate surface area is 205 Å². The highest BCUT2D eigenvalue weighted by Crippen LogP contribution is 2.30. The third-order valence-electron chi connectivity index (χ3n) is 5.57. The predicted octanol–water partition coefficient (Wildman–Crippen LogP) is 4.58. The molecule has 0 aliphatic carbocycles. The Morgan fingerprint density at radius 3 is 2.71 bits per heavy atom. The van der Waals surface area contributed by atoms with Crippen LogP contribution in [0.1, 0.15) is 5.56 Å². The van der Waals surface area contributed by atoms with Gasteiger partial charge < -0.3 is 20.1 Å². The molecule has 4 rings (SSSR count). The lowest BCUT2D eigenvalue weighted by Crippen LogP contribution is -2.37. The van der Waals surface area contributed by atoms with Gasteiger partial charge >= 0.3 is 7.80 Å². The van der Waals surface area contributed by atoms with E-state index >= 15 is 0 Å². The Hall–Kier alpha value is -2.77. The number of nitrogens with one attached hydrogen (secondary N) is 2. The molecular weight excluding hydrogens is 473 g/mol. The van der Waals surface area contributed by atoms with E-state index in [1.807, 2.05) is 36.4 Å². The van der Waals surface area contributed by atoms with E-state index in [9.17, 15) is 4.57 Å². The molecule has 2 aromatic carbocycles. The Kier molecular flexibility index (Phi) is 8.29. The lowest BCUT2D eigenvalue weighted by atomic mass is 10.1. The third kappa shape index (κ3) is 6.21. The lowest BCUT2D eigenvalue weighted by molar-refractivity contribution is 0.0384. The number of rotatable bonds is 9. The van der Waals surface area contributed by atoms with Gasteiger partial charge in [0.15, 0.2) is 5.82 Å². The number of morpholine rings is 1. The van der Waals surface area contributed by atoms with E-state index in [1.54, 1.807) is 13.8 Å². The van der Waals surface area contributed by atoms with Gasteiger partial charge in [-0.1, -0.05) is 34.4 Å². The summed E-state index contributed by atoms with van der Waals surface area (Å²) in [5.41, 5.74) is 2.64. The molecule has 8 nitrogen and oxygen atoms in total. The van der Waals surface area contributed by atoms with Crippen molar-refractivity contribution in [2.24, 2.45) is 0 Å². The standard InChI is InChI=1S/C24H28ClN5O3P/c1-32-21-15-17(9-10-30-11-13-33-14-12-30)7-8-19(21)28-24-26-16-18(25)23(29-24)27-20-5-3-4-6-22(20)34(2)31/h3-8,15-16H,9-14H2,1-2H3,(H2,26,27,28,29)/q+1. The first-order chi connectivity index (χ1) is 16.5. The van der Waals surface area contributed by atoms with Gasteiger partial charge in [-0.05, 0) is 36.2 Å². The summed E-state index contributed by atoms with van der Waals surface area (Å²) < 4.78 is 23.1. The fraction of sp³-hybridized carbons (Fsp3) is 0.333. The second-order valence-corrected chi connectivity index (χ2v) is 9.78. The van der Waals surface area contributed by atoms with Crippen molar-refractivity contribution in [2.45, 2.75) is 6.42 Å². The van der Waals surface area contributed by atoms with Gasteiger partial charge in [0, 0.05) is 19.6 Å². The number of para-hydroxylation sites is 1. The van der Waals surface area contributed by atoms with E-state index in [1.165, 1.54) is 11.8 Å². The third-order valence-corrected chi connectivity index (χ3v) is 6.92. The van der Waals surface area contributed by atoms with Gasteiger partial charge in [0.05, 0.1) is 37.9 Å². The number of hydrogen-bond donors (Lipinski definition) is 2. The fourth-order valence-electron chi connectivity index (χ4n) is 3.72. The molecule has 1 saturated heterocycles. The molecule has 10 heteroatoms. The molecule has 0 bridgehead atoms. The zero-order valence-corrected chi connectivity index (χ0v) is 20.9. The molecule has 178 valence electrons. The first-order valence-electron chi connectivity index (χ1n) is 11.1. The van der Waals surface area contributed by atoms with Crippen molar-refractivity contribution in [3.8, 4) is 5.75 Å². The van der Waals surface area contributed by atoms with Crippen molar-refractivity contribution >= 4 is 47.8 Å². The molecule has 34 heavy (non-hydrogen) atoms. The van der Waals surface area contributed by atoms with Gasteiger partial charge in [0.2, 0.25) is 11.3 Å². The van der Waals surface area contributed by atoms with Gasteiger partial charge in [0.1, 0.15) is 17.4 Å². The SMILES string of the molecule is COc1cc(CCN2CCOCC2)ccc1Nc1ncc(Cl)c(Nc2ccccc2[P+](C)=O)n1. The Bertz CT molecular complexity index is 1160. The summed E-state index contributed by atoms with van der Waals surface area (Å²) in [6.45, 7) is 6.19. The van der Waals surface area contributed by atoms with Gasteiger partial charge in [-0.3, -0.25) is 4.90 Å². The average Bonchev–Trinajstić information content (AvgIpc) is 2.86. The van der Waals surface area contributed by atoms with Crippen LogP contribution in [-0.4, -0.2) is 61.5 Å². The van der Waals surface area contributed by atoms with Crippen LogP contribution in [0.2, 0.25) is 5.02 Å². The van der Waals surface area contributed by atoms with Crippen LogP contribution in [0.3, 0.4) is 0 Å². The second kappa shape index (κ2) is 11.6. The highest BCUT2D eigenvalue weighted by molar-refractivity contribution is 7.53. The molecule has 2 heterocycles. The van der Waals surface area contributed by atoms with E-state index in [2.05, 4.69) is 31.6 Å². The molecule has 1 unspecified atom stereocenters. The van der Waals surface area contributed by atoms with Crippen LogP contribution in [0.25, 0.3) is 0 Å². The largest absolute Gasteiger partial charge is 0.495 e. The van der Waals surface area contributed by atoms with Crippen LogP contribution >= 0.6 is 19.4 Å². The van der Waals surface area contributed by atoms with Crippen LogP contribution in [-0.2, 0) is 15.7 Å². The molecule has 0 spiro atoms. The predicted molar refractivity (Wildman–Crippen MR) is 137 cm³/mol. The second-order valence-electron chi connectivity index (χ2n) is 7.89. The van der Waals surface area contributed by atoms with Gasteiger partial charge in [-0.15, -0.1) is 0 Å². The van der Waals surface area contributed by atoms with E-state index in [4.69, 9.17) is 21.1 Å². The normalized spacial score (nSPS) is 14.5. The number of nitrogens with zero attached hydrogens (tertiary/aromatic N) is 3. The van der Waals surface area contributed by atoms with Crippen molar-refractivity contribution in [1.82, 2.24) is 14.9 Å². The van der Waals surface area contributed by atoms with Gasteiger partial charge in [0.25, 0.3) is 0 Å². The molecule has 1 aliphatic rings. The van der Waals surface area contributed by atoms with E-state index in [0.29, 0.717) is 33.5 Å². The van der Waals surface area contributed by atoms with Crippen molar-refractivity contribution in [1.29, 1.82) is 0 Å². The number of halogens is 1.